The van der Waals surface area contributed by atoms with Crippen LogP contribution in [0.2, 0.25) is 5.02 Å². The van der Waals surface area contributed by atoms with Crippen LogP contribution in [0.25, 0.3) is 0 Å². The molecule has 2 unspecified atom stereocenters. The molecule has 1 aromatic carbocycles. The van der Waals surface area contributed by atoms with E-state index in [1.807, 2.05) is 6.07 Å². The molecule has 26 heavy (non-hydrogen) atoms. The average molecular weight is 495 g/mol. The molecule has 0 spiro atoms. The second-order valence-corrected chi connectivity index (χ2v) is 7.66. The fourth-order valence-electron chi connectivity index (χ4n) is 4.05. The summed E-state index contributed by atoms with van der Waals surface area (Å²) in [6.07, 6.45) is 5.98. The minimum absolute atomic E-state index is 0. The SMILES string of the molecule is CN1CCC(CN=C(N)N2CCCCCC2)C1c1ccc(Cl)c(F)c1.I. The van der Waals surface area contributed by atoms with Crippen molar-refractivity contribution in [3.8, 4) is 0 Å². The molecule has 2 saturated heterocycles. The highest BCUT2D eigenvalue weighted by Crippen LogP contribution is 2.37. The Balaban J connectivity index is 0.00000243. The van der Waals surface area contributed by atoms with Crippen molar-refractivity contribution in [1.82, 2.24) is 9.80 Å². The van der Waals surface area contributed by atoms with E-state index in [-0.39, 0.29) is 40.9 Å². The Kier molecular flexibility index (Phi) is 8.41. The van der Waals surface area contributed by atoms with Gasteiger partial charge >= 0.3 is 0 Å². The third-order valence-electron chi connectivity index (χ3n) is 5.48. The van der Waals surface area contributed by atoms with Crippen LogP contribution < -0.4 is 5.73 Å². The quantitative estimate of drug-likeness (QED) is 0.388. The third kappa shape index (κ3) is 5.23. The maximum absolute atomic E-state index is 13.9. The van der Waals surface area contributed by atoms with E-state index in [1.165, 1.54) is 25.7 Å². The van der Waals surface area contributed by atoms with E-state index in [9.17, 15) is 4.39 Å². The van der Waals surface area contributed by atoms with Crippen molar-refractivity contribution in [3.63, 3.8) is 0 Å². The number of halogens is 3. The lowest BCUT2D eigenvalue weighted by Crippen LogP contribution is -2.38. The lowest BCUT2D eigenvalue weighted by atomic mass is 9.94. The molecule has 146 valence electrons. The smallest absolute Gasteiger partial charge is 0.191 e. The number of likely N-dealkylation sites (tertiary alicyclic amines) is 2. The first kappa shape index (κ1) is 21.7. The molecule has 1 aromatic rings. The van der Waals surface area contributed by atoms with Crippen molar-refractivity contribution in [1.29, 1.82) is 0 Å². The van der Waals surface area contributed by atoms with E-state index in [0.29, 0.717) is 18.4 Å². The van der Waals surface area contributed by atoms with Gasteiger partial charge in [0.1, 0.15) is 5.82 Å². The minimum Gasteiger partial charge on any atom is -0.370 e. The van der Waals surface area contributed by atoms with Crippen molar-refractivity contribution in [2.75, 3.05) is 33.2 Å². The normalized spacial score (nSPS) is 25.0. The monoisotopic (exact) mass is 494 g/mol. The van der Waals surface area contributed by atoms with E-state index in [0.717, 1.165) is 31.6 Å². The van der Waals surface area contributed by atoms with Gasteiger partial charge in [-0.1, -0.05) is 30.5 Å². The van der Waals surface area contributed by atoms with Gasteiger partial charge in [-0.2, -0.15) is 0 Å². The summed E-state index contributed by atoms with van der Waals surface area (Å²) in [5.41, 5.74) is 7.21. The number of benzene rings is 1. The largest absolute Gasteiger partial charge is 0.370 e. The van der Waals surface area contributed by atoms with Crippen LogP contribution in [0.15, 0.2) is 23.2 Å². The summed E-state index contributed by atoms with van der Waals surface area (Å²) in [6, 6.07) is 5.29. The van der Waals surface area contributed by atoms with Crippen LogP contribution in [-0.2, 0) is 0 Å². The Bertz CT molecular complexity index is 620. The Morgan fingerprint density at radius 3 is 2.58 bits per heavy atom. The highest BCUT2D eigenvalue weighted by atomic mass is 127. The molecule has 2 atom stereocenters. The predicted molar refractivity (Wildman–Crippen MR) is 117 cm³/mol. The molecule has 2 aliphatic heterocycles. The van der Waals surface area contributed by atoms with Crippen LogP contribution >= 0.6 is 35.6 Å². The molecule has 0 saturated carbocycles. The van der Waals surface area contributed by atoms with Crippen molar-refractivity contribution in [2.24, 2.45) is 16.6 Å². The molecule has 2 N–H and O–H groups in total. The molecule has 3 rings (SSSR count). The number of rotatable bonds is 3. The number of hydrogen-bond donors (Lipinski definition) is 1. The first-order valence-electron chi connectivity index (χ1n) is 9.26. The number of aliphatic imine (C=N–C) groups is 1. The summed E-state index contributed by atoms with van der Waals surface area (Å²) in [4.78, 5) is 9.18. The lowest BCUT2D eigenvalue weighted by Gasteiger charge is -2.26. The lowest BCUT2D eigenvalue weighted by molar-refractivity contribution is 0.278. The van der Waals surface area contributed by atoms with Crippen LogP contribution in [0.4, 0.5) is 4.39 Å². The maximum Gasteiger partial charge on any atom is 0.191 e. The number of nitrogens with zero attached hydrogens (tertiary/aromatic N) is 3. The van der Waals surface area contributed by atoms with Gasteiger partial charge in [0.2, 0.25) is 0 Å². The zero-order valence-corrected chi connectivity index (χ0v) is 18.4. The molecule has 0 radical (unpaired) electrons. The van der Waals surface area contributed by atoms with Crippen molar-refractivity contribution in [2.45, 2.75) is 38.1 Å². The Morgan fingerprint density at radius 2 is 1.92 bits per heavy atom. The van der Waals surface area contributed by atoms with Crippen LogP contribution in [0, 0.1) is 11.7 Å². The topological polar surface area (TPSA) is 44.9 Å². The Labute approximate surface area is 178 Å². The molecular formula is C19H29ClFIN4. The molecule has 2 fully saturated rings. The van der Waals surface area contributed by atoms with E-state index in [1.54, 1.807) is 12.1 Å². The summed E-state index contributed by atoms with van der Waals surface area (Å²) in [5.74, 6) is 0.652. The fourth-order valence-corrected chi connectivity index (χ4v) is 4.17. The van der Waals surface area contributed by atoms with Crippen LogP contribution in [0.3, 0.4) is 0 Å². The van der Waals surface area contributed by atoms with E-state index < -0.39 is 0 Å². The zero-order valence-electron chi connectivity index (χ0n) is 15.3. The summed E-state index contributed by atoms with van der Waals surface area (Å²) in [5, 5.41) is 0.171. The third-order valence-corrected chi connectivity index (χ3v) is 5.78. The molecule has 0 bridgehead atoms. The molecule has 0 amide bonds. The number of guanidine groups is 1. The Morgan fingerprint density at radius 1 is 1.23 bits per heavy atom. The molecule has 0 aliphatic carbocycles. The molecule has 2 aliphatic rings. The van der Waals surface area contributed by atoms with Gasteiger partial charge in [-0.25, -0.2) is 4.39 Å². The zero-order chi connectivity index (χ0) is 17.8. The maximum atomic E-state index is 13.9. The van der Waals surface area contributed by atoms with Gasteiger partial charge in [0.05, 0.1) is 5.02 Å². The van der Waals surface area contributed by atoms with Gasteiger partial charge in [-0.15, -0.1) is 24.0 Å². The highest BCUT2D eigenvalue weighted by molar-refractivity contribution is 14.0. The van der Waals surface area contributed by atoms with Gasteiger partial charge in [-0.3, -0.25) is 9.89 Å². The predicted octanol–water partition coefficient (Wildman–Crippen LogP) is 4.28. The first-order chi connectivity index (χ1) is 12.1. The molecule has 2 heterocycles. The summed E-state index contributed by atoms with van der Waals surface area (Å²) >= 11 is 5.83. The summed E-state index contributed by atoms with van der Waals surface area (Å²) in [6.45, 7) is 3.68. The molecule has 0 aromatic heterocycles. The van der Waals surface area contributed by atoms with E-state index >= 15 is 0 Å². The second kappa shape index (κ2) is 10.1. The molecular weight excluding hydrogens is 466 g/mol. The van der Waals surface area contributed by atoms with Gasteiger partial charge in [0.15, 0.2) is 5.96 Å². The average Bonchev–Trinajstić information content (AvgIpc) is 2.80. The van der Waals surface area contributed by atoms with Gasteiger partial charge in [0, 0.05) is 25.7 Å². The number of hydrogen-bond acceptors (Lipinski definition) is 2. The minimum atomic E-state index is -0.356. The molecule has 7 heteroatoms. The first-order valence-corrected chi connectivity index (χ1v) is 9.64. The van der Waals surface area contributed by atoms with Crippen LogP contribution in [0.1, 0.15) is 43.7 Å². The van der Waals surface area contributed by atoms with Gasteiger partial charge in [0.25, 0.3) is 0 Å². The van der Waals surface area contributed by atoms with E-state index in [2.05, 4.69) is 16.8 Å². The number of nitrogens with two attached hydrogens (primary N) is 1. The summed E-state index contributed by atoms with van der Waals surface area (Å²) < 4.78 is 13.9. The Hall–Kier alpha value is -0.600. The second-order valence-electron chi connectivity index (χ2n) is 7.25. The van der Waals surface area contributed by atoms with Crippen LogP contribution in [-0.4, -0.2) is 49.0 Å². The highest BCUT2D eigenvalue weighted by Gasteiger charge is 2.33. The van der Waals surface area contributed by atoms with Crippen molar-refractivity contribution < 1.29 is 4.39 Å². The van der Waals surface area contributed by atoms with Crippen LogP contribution in [0.5, 0.6) is 0 Å². The summed E-state index contributed by atoms with van der Waals surface area (Å²) in [7, 11) is 2.08. The van der Waals surface area contributed by atoms with E-state index in [4.69, 9.17) is 22.3 Å². The van der Waals surface area contributed by atoms with Gasteiger partial charge in [-0.05, 0) is 56.5 Å². The van der Waals surface area contributed by atoms with Crippen molar-refractivity contribution in [3.05, 3.63) is 34.6 Å². The molecule has 4 nitrogen and oxygen atoms in total. The standard InChI is InChI=1S/C19H28ClFN4.HI/c1-24-11-8-15(18(24)14-6-7-16(20)17(21)12-14)13-23-19(22)25-9-4-2-3-5-10-25;/h6-7,12,15,18H,2-5,8-11,13H2,1H3,(H2,22,23);1H. The van der Waals surface area contributed by atoms with Gasteiger partial charge < -0.3 is 10.6 Å². The fraction of sp³-hybridized carbons (Fsp3) is 0.632. The van der Waals surface area contributed by atoms with Crippen molar-refractivity contribution >= 4 is 41.5 Å².